The van der Waals surface area contributed by atoms with Crippen LogP contribution in [0.25, 0.3) is 10.3 Å². The quantitative estimate of drug-likeness (QED) is 0.749. The Kier molecular flexibility index (Phi) is 4.50. The summed E-state index contributed by atoms with van der Waals surface area (Å²) in [5, 5.41) is 14.1. The highest BCUT2D eigenvalue weighted by atomic mass is 32.1. The maximum atomic E-state index is 9.86. The Morgan fingerprint density at radius 2 is 2.24 bits per heavy atom. The minimum absolute atomic E-state index is 0.254. The lowest BCUT2D eigenvalue weighted by atomic mass is 10.1. The predicted molar refractivity (Wildman–Crippen MR) is 101 cm³/mol. The van der Waals surface area contributed by atoms with Crippen LogP contribution < -0.4 is 10.2 Å². The fraction of sp³-hybridized carbons (Fsp3) is 0.389. The number of rotatable bonds is 4. The second kappa shape index (κ2) is 6.93. The highest BCUT2D eigenvalue weighted by Crippen LogP contribution is 2.25. The molecule has 25 heavy (non-hydrogen) atoms. The van der Waals surface area contributed by atoms with E-state index in [0.717, 1.165) is 51.9 Å². The number of aliphatic hydroxyl groups is 1. The van der Waals surface area contributed by atoms with E-state index < -0.39 is 0 Å². The zero-order valence-electron chi connectivity index (χ0n) is 14.1. The van der Waals surface area contributed by atoms with Crippen LogP contribution in [0.1, 0.15) is 24.1 Å². The second-order valence-corrected chi connectivity index (χ2v) is 7.39. The van der Waals surface area contributed by atoms with Gasteiger partial charge in [-0.15, -0.1) is 0 Å². The molecule has 0 radical (unpaired) electrons. The van der Waals surface area contributed by atoms with Gasteiger partial charge >= 0.3 is 0 Å². The van der Waals surface area contributed by atoms with Crippen molar-refractivity contribution in [1.29, 1.82) is 0 Å². The molecular weight excluding hydrogens is 334 g/mol. The Balaban J connectivity index is 1.46. The predicted octanol–water partition coefficient (Wildman–Crippen LogP) is 2.97. The van der Waals surface area contributed by atoms with Gasteiger partial charge in [-0.2, -0.15) is 0 Å². The molecule has 6 nitrogen and oxygen atoms in total. The summed E-state index contributed by atoms with van der Waals surface area (Å²) in [6.45, 7) is 4.28. The summed E-state index contributed by atoms with van der Waals surface area (Å²) in [6.07, 6.45) is 3.46. The van der Waals surface area contributed by atoms with Gasteiger partial charge in [-0.3, -0.25) is 0 Å². The first-order valence-corrected chi connectivity index (χ1v) is 9.35. The fourth-order valence-electron chi connectivity index (χ4n) is 3.07. The zero-order chi connectivity index (χ0) is 17.2. The smallest absolute Gasteiger partial charge is 0.185 e. The van der Waals surface area contributed by atoms with Gasteiger partial charge in [0.05, 0.1) is 6.10 Å². The summed E-state index contributed by atoms with van der Waals surface area (Å²) >= 11 is 1.57. The maximum Gasteiger partial charge on any atom is 0.185 e. The number of anilines is 2. The Morgan fingerprint density at radius 3 is 3.12 bits per heavy atom. The molecule has 1 aliphatic heterocycles. The first kappa shape index (κ1) is 16.2. The number of hydrogen-bond donors (Lipinski definition) is 2. The first-order valence-electron chi connectivity index (χ1n) is 8.53. The van der Waals surface area contributed by atoms with E-state index in [2.05, 4.69) is 31.2 Å². The van der Waals surface area contributed by atoms with Crippen molar-refractivity contribution in [3.63, 3.8) is 0 Å². The third-order valence-electron chi connectivity index (χ3n) is 4.37. The van der Waals surface area contributed by atoms with E-state index in [1.54, 1.807) is 11.3 Å². The van der Waals surface area contributed by atoms with E-state index in [1.807, 2.05) is 31.3 Å². The van der Waals surface area contributed by atoms with Crippen molar-refractivity contribution in [2.45, 2.75) is 32.4 Å². The van der Waals surface area contributed by atoms with Gasteiger partial charge in [0.15, 0.2) is 5.13 Å². The molecule has 0 amide bonds. The third kappa shape index (κ3) is 3.72. The highest BCUT2D eigenvalue weighted by molar-refractivity contribution is 7.21. The van der Waals surface area contributed by atoms with Gasteiger partial charge in [0.25, 0.3) is 0 Å². The van der Waals surface area contributed by atoms with Crippen molar-refractivity contribution in [3.05, 3.63) is 41.7 Å². The minimum Gasteiger partial charge on any atom is -0.391 e. The Bertz CT molecular complexity index is 881. The molecule has 1 aliphatic rings. The van der Waals surface area contributed by atoms with Gasteiger partial charge in [-0.05, 0) is 49.6 Å². The Hall–Kier alpha value is -2.25. The monoisotopic (exact) mass is 355 g/mol. The molecule has 4 rings (SSSR count). The molecule has 1 fully saturated rings. The summed E-state index contributed by atoms with van der Waals surface area (Å²) < 4.78 is 0. The highest BCUT2D eigenvalue weighted by Gasteiger charge is 2.18. The normalized spacial score (nSPS) is 17.8. The van der Waals surface area contributed by atoms with Gasteiger partial charge in [0.1, 0.15) is 16.2 Å². The second-order valence-electron chi connectivity index (χ2n) is 6.41. The van der Waals surface area contributed by atoms with Gasteiger partial charge < -0.3 is 15.3 Å². The molecule has 0 spiro atoms. The van der Waals surface area contributed by atoms with Crippen LogP contribution in [-0.2, 0) is 6.54 Å². The lowest BCUT2D eigenvalue weighted by molar-refractivity contribution is 0.154. The van der Waals surface area contributed by atoms with E-state index in [4.69, 9.17) is 0 Å². The Morgan fingerprint density at radius 1 is 1.32 bits per heavy atom. The number of nitrogens with one attached hydrogen (secondary N) is 1. The molecule has 1 unspecified atom stereocenters. The molecule has 7 heteroatoms. The lowest BCUT2D eigenvalue weighted by Crippen LogP contribution is -2.38. The van der Waals surface area contributed by atoms with Crippen molar-refractivity contribution >= 4 is 32.6 Å². The van der Waals surface area contributed by atoms with E-state index >= 15 is 0 Å². The lowest BCUT2D eigenvalue weighted by Gasteiger charge is -2.31. The molecule has 130 valence electrons. The standard InChI is InChI=1S/C18H21N5OS/c1-12-4-5-15-17(21-12)25-18(22-15)20-10-13-6-7-19-16(9-13)23-8-2-3-14(24)11-23/h4-7,9,14,24H,2-3,8,10-11H2,1H3,(H,20,22). The van der Waals surface area contributed by atoms with E-state index in [1.165, 1.54) is 0 Å². The number of piperidine rings is 1. The summed E-state index contributed by atoms with van der Waals surface area (Å²) in [5.74, 6) is 0.930. The summed E-state index contributed by atoms with van der Waals surface area (Å²) in [5.41, 5.74) is 3.08. The number of aliphatic hydroxyl groups excluding tert-OH is 1. The number of nitrogens with zero attached hydrogens (tertiary/aromatic N) is 4. The largest absolute Gasteiger partial charge is 0.391 e. The zero-order valence-corrected chi connectivity index (χ0v) is 15.0. The van der Waals surface area contributed by atoms with E-state index in [9.17, 15) is 5.11 Å². The van der Waals surface area contributed by atoms with Crippen LogP contribution >= 0.6 is 11.3 Å². The molecule has 2 N–H and O–H groups in total. The van der Waals surface area contributed by atoms with Gasteiger partial charge in [0, 0.05) is 31.5 Å². The van der Waals surface area contributed by atoms with Crippen LogP contribution in [0.5, 0.6) is 0 Å². The van der Waals surface area contributed by atoms with Gasteiger partial charge in [-0.1, -0.05) is 11.3 Å². The first-order chi connectivity index (χ1) is 12.2. The molecule has 1 atom stereocenters. The van der Waals surface area contributed by atoms with Crippen LogP contribution in [-0.4, -0.2) is 39.3 Å². The number of fused-ring (bicyclic) bond motifs is 1. The number of β-amino-alcohol motifs (C(OH)–C–C–N with tert-alkyl or cyclic N) is 1. The average molecular weight is 355 g/mol. The summed E-state index contributed by atoms with van der Waals surface area (Å²) in [7, 11) is 0. The van der Waals surface area contributed by atoms with Crippen molar-refractivity contribution < 1.29 is 5.11 Å². The number of aryl methyl sites for hydroxylation is 1. The number of hydrogen-bond acceptors (Lipinski definition) is 7. The topological polar surface area (TPSA) is 74.2 Å². The van der Waals surface area contributed by atoms with Crippen molar-refractivity contribution in [1.82, 2.24) is 15.0 Å². The number of thiazole rings is 1. The van der Waals surface area contributed by atoms with Crippen molar-refractivity contribution in [2.75, 3.05) is 23.3 Å². The molecule has 3 aromatic rings. The summed E-state index contributed by atoms with van der Waals surface area (Å²) in [6, 6.07) is 8.08. The maximum absolute atomic E-state index is 9.86. The molecule has 3 aromatic heterocycles. The molecule has 0 aliphatic carbocycles. The van der Waals surface area contributed by atoms with Crippen LogP contribution in [0.4, 0.5) is 10.9 Å². The number of aromatic nitrogens is 3. The fourth-order valence-corrected chi connectivity index (χ4v) is 3.95. The van der Waals surface area contributed by atoms with Crippen LogP contribution in [0.2, 0.25) is 0 Å². The van der Waals surface area contributed by atoms with Gasteiger partial charge in [0.2, 0.25) is 0 Å². The van der Waals surface area contributed by atoms with Crippen molar-refractivity contribution in [3.8, 4) is 0 Å². The minimum atomic E-state index is -0.254. The number of pyridine rings is 2. The van der Waals surface area contributed by atoms with E-state index in [-0.39, 0.29) is 6.10 Å². The van der Waals surface area contributed by atoms with Crippen LogP contribution in [0.3, 0.4) is 0 Å². The van der Waals surface area contributed by atoms with Crippen molar-refractivity contribution in [2.24, 2.45) is 0 Å². The van der Waals surface area contributed by atoms with Gasteiger partial charge in [-0.25, -0.2) is 15.0 Å². The molecule has 1 saturated heterocycles. The molecule has 0 bridgehead atoms. The van der Waals surface area contributed by atoms with E-state index in [0.29, 0.717) is 13.1 Å². The Labute approximate surface area is 150 Å². The SMILES string of the molecule is Cc1ccc2nc(NCc3ccnc(N4CCCC(O)C4)c3)sc2n1. The summed E-state index contributed by atoms with van der Waals surface area (Å²) in [4.78, 5) is 16.7. The van der Waals surface area contributed by atoms with Crippen LogP contribution in [0.15, 0.2) is 30.5 Å². The average Bonchev–Trinajstić information content (AvgIpc) is 3.02. The van der Waals surface area contributed by atoms with Crippen LogP contribution in [0, 0.1) is 6.92 Å². The third-order valence-corrected chi connectivity index (χ3v) is 5.29. The molecule has 4 heterocycles. The molecule has 0 aromatic carbocycles. The molecule has 0 saturated carbocycles. The molecular formula is C18H21N5OS.